The quantitative estimate of drug-likeness (QED) is 0.716. The van der Waals surface area contributed by atoms with Gasteiger partial charge in [-0.2, -0.15) is 0 Å². The molecule has 0 aliphatic heterocycles. The first-order valence-electron chi connectivity index (χ1n) is 5.69. The van der Waals surface area contributed by atoms with Crippen LogP contribution in [-0.2, 0) is 4.79 Å². The molecule has 2 amide bonds. The molecule has 2 N–H and O–H groups in total. The monoisotopic (exact) mass is 228 g/mol. The molecule has 1 aliphatic rings. The van der Waals surface area contributed by atoms with Gasteiger partial charge in [0.25, 0.3) is 0 Å². The van der Waals surface area contributed by atoms with Crippen molar-refractivity contribution in [1.29, 1.82) is 0 Å². The molecule has 16 heavy (non-hydrogen) atoms. The lowest BCUT2D eigenvalue weighted by atomic mass is 10.1. The number of hydrogen-bond donors (Lipinski definition) is 2. The van der Waals surface area contributed by atoms with E-state index in [1.54, 1.807) is 11.9 Å². The van der Waals surface area contributed by atoms with Crippen LogP contribution < -0.4 is 5.32 Å². The lowest BCUT2D eigenvalue weighted by Crippen LogP contribution is -2.40. The molecule has 5 nitrogen and oxygen atoms in total. The molecule has 5 heteroatoms. The highest BCUT2D eigenvalue weighted by molar-refractivity contribution is 5.74. The topological polar surface area (TPSA) is 69.6 Å². The van der Waals surface area contributed by atoms with E-state index in [9.17, 15) is 9.59 Å². The molecule has 92 valence electrons. The summed E-state index contributed by atoms with van der Waals surface area (Å²) in [7, 11) is 1.77. The Morgan fingerprint density at radius 1 is 1.50 bits per heavy atom. The third kappa shape index (κ3) is 5.00. The summed E-state index contributed by atoms with van der Waals surface area (Å²) in [5, 5.41) is 11.3. The second-order valence-electron chi connectivity index (χ2n) is 4.71. The molecule has 1 rings (SSSR count). The molecular formula is C11H20N2O3. The maximum absolute atomic E-state index is 11.6. The fourth-order valence-corrected chi connectivity index (χ4v) is 1.54. The zero-order chi connectivity index (χ0) is 12.1. The van der Waals surface area contributed by atoms with Crippen LogP contribution in [0.2, 0.25) is 0 Å². The lowest BCUT2D eigenvalue weighted by molar-refractivity contribution is -0.137. The summed E-state index contributed by atoms with van der Waals surface area (Å²) in [5.41, 5.74) is 0. The standard InChI is InChI=1S/C11H20N2O3/c1-8(5-10(14)15)6-12-11(16)13(2)7-9-3-4-9/h8-9H,3-7H2,1-2H3,(H,12,16)(H,14,15). The van der Waals surface area contributed by atoms with Gasteiger partial charge < -0.3 is 15.3 Å². The molecule has 1 fully saturated rings. The van der Waals surface area contributed by atoms with Crippen LogP contribution in [0.25, 0.3) is 0 Å². The Labute approximate surface area is 95.8 Å². The van der Waals surface area contributed by atoms with E-state index in [0.717, 1.165) is 6.54 Å². The molecular weight excluding hydrogens is 208 g/mol. The molecule has 1 unspecified atom stereocenters. The van der Waals surface area contributed by atoms with Crippen molar-refractivity contribution in [2.45, 2.75) is 26.2 Å². The van der Waals surface area contributed by atoms with E-state index >= 15 is 0 Å². The van der Waals surface area contributed by atoms with E-state index < -0.39 is 5.97 Å². The van der Waals surface area contributed by atoms with E-state index in [4.69, 9.17) is 5.11 Å². The van der Waals surface area contributed by atoms with Gasteiger partial charge in [-0.15, -0.1) is 0 Å². The zero-order valence-corrected chi connectivity index (χ0v) is 9.90. The highest BCUT2D eigenvalue weighted by Crippen LogP contribution is 2.29. The number of rotatable bonds is 6. The number of nitrogens with zero attached hydrogens (tertiary/aromatic N) is 1. The molecule has 0 bridgehead atoms. The van der Waals surface area contributed by atoms with E-state index in [2.05, 4.69) is 5.32 Å². The number of carbonyl (C=O) groups is 2. The van der Waals surface area contributed by atoms with Crippen LogP contribution in [0, 0.1) is 11.8 Å². The van der Waals surface area contributed by atoms with Crippen molar-refractivity contribution < 1.29 is 14.7 Å². The summed E-state index contributed by atoms with van der Waals surface area (Å²) in [4.78, 5) is 23.7. The molecule has 0 aromatic carbocycles. The number of carboxylic acids is 1. The minimum Gasteiger partial charge on any atom is -0.481 e. The third-order valence-corrected chi connectivity index (χ3v) is 2.70. The number of urea groups is 1. The first-order chi connectivity index (χ1) is 7.49. The minimum atomic E-state index is -0.826. The zero-order valence-electron chi connectivity index (χ0n) is 9.90. The number of hydrogen-bond acceptors (Lipinski definition) is 2. The predicted molar refractivity (Wildman–Crippen MR) is 60.2 cm³/mol. The Balaban J connectivity index is 2.14. The molecule has 0 aromatic rings. The van der Waals surface area contributed by atoms with Gasteiger partial charge in [0.15, 0.2) is 0 Å². The Morgan fingerprint density at radius 3 is 2.62 bits per heavy atom. The van der Waals surface area contributed by atoms with E-state index in [0.29, 0.717) is 12.5 Å². The lowest BCUT2D eigenvalue weighted by Gasteiger charge is -2.19. The maximum Gasteiger partial charge on any atom is 0.317 e. The Kier molecular flexibility index (Phi) is 4.58. The number of nitrogens with one attached hydrogen (secondary N) is 1. The summed E-state index contributed by atoms with van der Waals surface area (Å²) < 4.78 is 0. The molecule has 1 atom stereocenters. The first kappa shape index (κ1) is 12.8. The number of amides is 2. The van der Waals surface area contributed by atoms with Crippen molar-refractivity contribution in [3.63, 3.8) is 0 Å². The fourth-order valence-electron chi connectivity index (χ4n) is 1.54. The summed E-state index contributed by atoms with van der Waals surface area (Å²) in [6.45, 7) is 3.04. The van der Waals surface area contributed by atoms with E-state index in [1.165, 1.54) is 12.8 Å². The van der Waals surface area contributed by atoms with Gasteiger partial charge in [0.2, 0.25) is 0 Å². The summed E-state index contributed by atoms with van der Waals surface area (Å²) >= 11 is 0. The van der Waals surface area contributed by atoms with Crippen LogP contribution in [0.15, 0.2) is 0 Å². The van der Waals surface area contributed by atoms with Crippen LogP contribution in [0.3, 0.4) is 0 Å². The number of aliphatic carboxylic acids is 1. The van der Waals surface area contributed by atoms with Gasteiger partial charge >= 0.3 is 12.0 Å². The summed E-state index contributed by atoms with van der Waals surface area (Å²) in [6.07, 6.45) is 2.52. The largest absolute Gasteiger partial charge is 0.481 e. The van der Waals surface area contributed by atoms with Crippen LogP contribution >= 0.6 is 0 Å². The summed E-state index contributed by atoms with van der Waals surface area (Å²) in [5.74, 6) is -0.184. The molecule has 1 aliphatic carbocycles. The van der Waals surface area contributed by atoms with Gasteiger partial charge in [0.05, 0.1) is 0 Å². The maximum atomic E-state index is 11.6. The van der Waals surface area contributed by atoms with E-state index in [1.807, 2.05) is 6.92 Å². The van der Waals surface area contributed by atoms with Crippen LogP contribution in [0.1, 0.15) is 26.2 Å². The Bertz CT molecular complexity index is 264. The number of carbonyl (C=O) groups excluding carboxylic acids is 1. The van der Waals surface area contributed by atoms with Gasteiger partial charge in [-0.1, -0.05) is 6.92 Å². The molecule has 0 radical (unpaired) electrons. The second-order valence-corrected chi connectivity index (χ2v) is 4.71. The van der Waals surface area contributed by atoms with Crippen molar-refractivity contribution in [2.75, 3.05) is 20.1 Å². The smallest absolute Gasteiger partial charge is 0.317 e. The number of carboxylic acid groups (broad SMARTS) is 1. The normalized spacial score (nSPS) is 16.6. The third-order valence-electron chi connectivity index (χ3n) is 2.70. The highest BCUT2D eigenvalue weighted by atomic mass is 16.4. The Morgan fingerprint density at radius 2 is 2.12 bits per heavy atom. The predicted octanol–water partition coefficient (Wildman–Crippen LogP) is 1.15. The van der Waals surface area contributed by atoms with Gasteiger partial charge in [-0.3, -0.25) is 4.79 Å². The second kappa shape index (κ2) is 5.72. The van der Waals surface area contributed by atoms with Crippen molar-refractivity contribution in [1.82, 2.24) is 10.2 Å². The molecule has 0 spiro atoms. The van der Waals surface area contributed by atoms with Crippen molar-refractivity contribution >= 4 is 12.0 Å². The molecule has 0 aromatic heterocycles. The van der Waals surface area contributed by atoms with Gasteiger partial charge in [0, 0.05) is 26.6 Å². The summed E-state index contributed by atoms with van der Waals surface area (Å²) in [6, 6.07) is -0.107. The van der Waals surface area contributed by atoms with Crippen LogP contribution in [0.4, 0.5) is 4.79 Å². The molecule has 0 saturated heterocycles. The van der Waals surface area contributed by atoms with Crippen LogP contribution in [0.5, 0.6) is 0 Å². The van der Waals surface area contributed by atoms with Gasteiger partial charge in [-0.25, -0.2) is 4.79 Å². The Hall–Kier alpha value is -1.26. The van der Waals surface area contributed by atoms with Crippen molar-refractivity contribution in [3.05, 3.63) is 0 Å². The van der Waals surface area contributed by atoms with Crippen molar-refractivity contribution in [3.8, 4) is 0 Å². The highest BCUT2D eigenvalue weighted by Gasteiger charge is 2.24. The van der Waals surface area contributed by atoms with Crippen molar-refractivity contribution in [2.24, 2.45) is 11.8 Å². The SMILES string of the molecule is CC(CNC(=O)N(C)CC1CC1)CC(=O)O. The van der Waals surface area contributed by atoms with Gasteiger partial charge in [0.1, 0.15) is 0 Å². The van der Waals surface area contributed by atoms with Crippen LogP contribution in [-0.4, -0.2) is 42.1 Å². The average molecular weight is 228 g/mol. The molecule has 0 heterocycles. The van der Waals surface area contributed by atoms with E-state index in [-0.39, 0.29) is 18.4 Å². The molecule has 1 saturated carbocycles. The minimum absolute atomic E-state index is 0.0317. The average Bonchev–Trinajstić information content (AvgIpc) is 2.96. The first-order valence-corrected chi connectivity index (χ1v) is 5.69. The fraction of sp³-hybridized carbons (Fsp3) is 0.818. The van der Waals surface area contributed by atoms with Gasteiger partial charge in [-0.05, 0) is 24.7 Å².